The van der Waals surface area contributed by atoms with Crippen LogP contribution in [0.1, 0.15) is 50.4 Å². The lowest BCUT2D eigenvalue weighted by Gasteiger charge is -2.27. The van der Waals surface area contributed by atoms with Crippen molar-refractivity contribution in [2.75, 3.05) is 6.54 Å². The van der Waals surface area contributed by atoms with Crippen LogP contribution in [-0.2, 0) is 19.2 Å². The first-order chi connectivity index (χ1) is 15.1. The second kappa shape index (κ2) is 11.3. The van der Waals surface area contributed by atoms with Crippen LogP contribution < -0.4 is 15.4 Å². The van der Waals surface area contributed by atoms with Gasteiger partial charge in [-0.2, -0.15) is 0 Å². The Bertz CT molecular complexity index is 871. The summed E-state index contributed by atoms with van der Waals surface area (Å²) >= 11 is 0. The number of hydrogen-bond acceptors (Lipinski definition) is 6. The van der Waals surface area contributed by atoms with E-state index in [4.69, 9.17) is 9.84 Å². The maximum atomic E-state index is 12.9. The third-order valence-electron chi connectivity index (χ3n) is 4.91. The van der Waals surface area contributed by atoms with Crippen LogP contribution in [-0.4, -0.2) is 70.8 Å². The average molecular weight is 447 g/mol. The third kappa shape index (κ3) is 6.79. The first-order valence-electron chi connectivity index (χ1n) is 10.5. The van der Waals surface area contributed by atoms with Gasteiger partial charge in [0.2, 0.25) is 11.8 Å². The molecule has 32 heavy (non-hydrogen) atoms. The van der Waals surface area contributed by atoms with E-state index in [0.29, 0.717) is 37.0 Å². The van der Waals surface area contributed by atoms with Crippen molar-refractivity contribution >= 4 is 30.0 Å². The lowest BCUT2D eigenvalue weighted by Crippen LogP contribution is -2.54. The van der Waals surface area contributed by atoms with Gasteiger partial charge >= 0.3 is 5.97 Å². The first kappa shape index (κ1) is 24.8. The van der Waals surface area contributed by atoms with Gasteiger partial charge in [-0.05, 0) is 51.8 Å². The van der Waals surface area contributed by atoms with Gasteiger partial charge in [-0.25, -0.2) is 0 Å². The van der Waals surface area contributed by atoms with Crippen LogP contribution in [0.4, 0.5) is 0 Å². The molecule has 0 radical (unpaired) electrons. The topological polar surface area (TPSA) is 142 Å². The molecule has 1 aliphatic heterocycles. The minimum atomic E-state index is -1.22. The zero-order chi connectivity index (χ0) is 23.8. The van der Waals surface area contributed by atoms with Gasteiger partial charge in [-0.1, -0.05) is 6.07 Å². The average Bonchev–Trinajstić information content (AvgIpc) is 3.21. The van der Waals surface area contributed by atoms with Crippen molar-refractivity contribution in [2.45, 2.75) is 64.3 Å². The number of hydrogen-bond donors (Lipinski definition) is 3. The molecule has 10 heteroatoms. The van der Waals surface area contributed by atoms with Crippen LogP contribution in [0.3, 0.4) is 0 Å². The van der Waals surface area contributed by atoms with Crippen LogP contribution in [0.15, 0.2) is 24.3 Å². The molecule has 1 fully saturated rings. The quantitative estimate of drug-likeness (QED) is 0.449. The summed E-state index contributed by atoms with van der Waals surface area (Å²) in [5, 5.41) is 13.8. The lowest BCUT2D eigenvalue weighted by atomic mass is 10.1. The number of aldehydes is 1. The van der Waals surface area contributed by atoms with E-state index in [-0.39, 0.29) is 6.10 Å². The SMILES string of the molecule is CC(C)Oc1cccc(C(=O)N[C@@H](C)C(=O)N2CCC[C@H]2C(=O)NC(C=O)CC(=O)O)c1. The summed E-state index contributed by atoms with van der Waals surface area (Å²) in [7, 11) is 0. The van der Waals surface area contributed by atoms with Gasteiger partial charge in [0.15, 0.2) is 0 Å². The molecule has 3 atom stereocenters. The number of benzene rings is 1. The molecule has 0 saturated carbocycles. The summed E-state index contributed by atoms with van der Waals surface area (Å²) in [6.07, 6.45) is 0.714. The molecule has 2 rings (SSSR count). The highest BCUT2D eigenvalue weighted by Crippen LogP contribution is 2.19. The summed E-state index contributed by atoms with van der Waals surface area (Å²) < 4.78 is 5.58. The molecule has 1 unspecified atom stereocenters. The number of carbonyl (C=O) groups excluding carboxylic acids is 4. The summed E-state index contributed by atoms with van der Waals surface area (Å²) in [4.78, 5) is 61.3. The molecule has 1 saturated heterocycles. The van der Waals surface area contributed by atoms with E-state index >= 15 is 0 Å². The molecule has 0 aliphatic carbocycles. The fraction of sp³-hybridized carbons (Fsp3) is 0.500. The molecule has 1 aromatic carbocycles. The zero-order valence-electron chi connectivity index (χ0n) is 18.4. The Balaban J connectivity index is 2.01. The monoisotopic (exact) mass is 447 g/mol. The number of aliphatic carboxylic acids is 1. The van der Waals surface area contributed by atoms with E-state index in [1.807, 2.05) is 13.8 Å². The largest absolute Gasteiger partial charge is 0.491 e. The number of carboxylic acids is 1. The molecule has 1 heterocycles. The van der Waals surface area contributed by atoms with E-state index in [1.165, 1.54) is 11.8 Å². The van der Waals surface area contributed by atoms with Crippen molar-refractivity contribution in [1.82, 2.24) is 15.5 Å². The third-order valence-corrected chi connectivity index (χ3v) is 4.91. The number of rotatable bonds is 10. The molecular formula is C22H29N3O7. The van der Waals surface area contributed by atoms with Gasteiger partial charge in [0.1, 0.15) is 24.1 Å². The van der Waals surface area contributed by atoms with E-state index in [9.17, 15) is 24.0 Å². The first-order valence-corrected chi connectivity index (χ1v) is 10.5. The second-order valence-electron chi connectivity index (χ2n) is 7.93. The summed E-state index contributed by atoms with van der Waals surface area (Å²) in [6.45, 7) is 5.59. The zero-order valence-corrected chi connectivity index (χ0v) is 18.4. The van der Waals surface area contributed by atoms with Crippen molar-refractivity contribution in [3.05, 3.63) is 29.8 Å². The Kier molecular flexibility index (Phi) is 8.74. The summed E-state index contributed by atoms with van der Waals surface area (Å²) in [5.74, 6) is -2.17. The Morgan fingerprint density at radius 2 is 1.94 bits per heavy atom. The smallest absolute Gasteiger partial charge is 0.305 e. The van der Waals surface area contributed by atoms with E-state index in [2.05, 4.69) is 10.6 Å². The maximum Gasteiger partial charge on any atom is 0.305 e. The Hall–Kier alpha value is -3.43. The predicted molar refractivity (Wildman–Crippen MR) is 114 cm³/mol. The Morgan fingerprint density at radius 1 is 1.22 bits per heavy atom. The van der Waals surface area contributed by atoms with Gasteiger partial charge in [-0.3, -0.25) is 19.2 Å². The van der Waals surface area contributed by atoms with Gasteiger partial charge in [-0.15, -0.1) is 0 Å². The van der Waals surface area contributed by atoms with Crippen molar-refractivity contribution < 1.29 is 33.8 Å². The van der Waals surface area contributed by atoms with Crippen LogP contribution in [0.2, 0.25) is 0 Å². The number of likely N-dealkylation sites (tertiary alicyclic amines) is 1. The molecule has 3 amide bonds. The highest BCUT2D eigenvalue weighted by Gasteiger charge is 2.37. The predicted octanol–water partition coefficient (Wildman–Crippen LogP) is 0.742. The fourth-order valence-electron chi connectivity index (χ4n) is 3.48. The fourth-order valence-corrected chi connectivity index (χ4v) is 3.48. The van der Waals surface area contributed by atoms with Crippen LogP contribution in [0.5, 0.6) is 5.75 Å². The molecule has 0 spiro atoms. The highest BCUT2D eigenvalue weighted by molar-refractivity contribution is 5.98. The molecule has 10 nitrogen and oxygen atoms in total. The van der Waals surface area contributed by atoms with Gasteiger partial charge < -0.3 is 30.2 Å². The van der Waals surface area contributed by atoms with Crippen molar-refractivity contribution in [2.24, 2.45) is 0 Å². The minimum Gasteiger partial charge on any atom is -0.491 e. The van der Waals surface area contributed by atoms with E-state index in [0.717, 1.165) is 0 Å². The number of ether oxygens (including phenoxy) is 1. The Morgan fingerprint density at radius 3 is 2.56 bits per heavy atom. The number of amides is 3. The van der Waals surface area contributed by atoms with Crippen LogP contribution in [0, 0.1) is 0 Å². The molecule has 1 aromatic rings. The number of carbonyl (C=O) groups is 5. The van der Waals surface area contributed by atoms with Crippen molar-refractivity contribution in [3.8, 4) is 5.75 Å². The summed E-state index contributed by atoms with van der Waals surface area (Å²) in [5.41, 5.74) is 0.334. The normalized spacial score (nSPS) is 17.4. The van der Waals surface area contributed by atoms with Gasteiger partial charge in [0.05, 0.1) is 18.6 Å². The van der Waals surface area contributed by atoms with E-state index < -0.39 is 48.2 Å². The maximum absolute atomic E-state index is 12.9. The number of nitrogens with zero attached hydrogens (tertiary/aromatic N) is 1. The molecule has 0 bridgehead atoms. The molecule has 174 valence electrons. The van der Waals surface area contributed by atoms with Crippen LogP contribution in [0.25, 0.3) is 0 Å². The van der Waals surface area contributed by atoms with Crippen LogP contribution >= 0.6 is 0 Å². The molecule has 3 N–H and O–H groups in total. The lowest BCUT2D eigenvalue weighted by molar-refractivity contribution is -0.141. The van der Waals surface area contributed by atoms with Gasteiger partial charge in [0, 0.05) is 12.1 Å². The number of carboxylic acid groups (broad SMARTS) is 1. The van der Waals surface area contributed by atoms with Gasteiger partial charge in [0.25, 0.3) is 5.91 Å². The summed E-state index contributed by atoms with van der Waals surface area (Å²) in [6, 6.07) is 3.70. The Labute approximate surface area is 186 Å². The van der Waals surface area contributed by atoms with Crippen molar-refractivity contribution in [1.29, 1.82) is 0 Å². The highest BCUT2D eigenvalue weighted by atomic mass is 16.5. The van der Waals surface area contributed by atoms with Crippen molar-refractivity contribution in [3.63, 3.8) is 0 Å². The standard InChI is InChI=1S/C22H29N3O7/c1-13(2)32-17-7-4-6-15(10-17)20(29)23-14(3)22(31)25-9-5-8-18(25)21(30)24-16(12-26)11-19(27)28/h4,6-7,10,12-14,16,18H,5,8-9,11H2,1-3H3,(H,23,29)(H,24,30)(H,27,28)/t14-,16?,18-/m0/s1. The van der Waals surface area contributed by atoms with E-state index in [1.54, 1.807) is 24.3 Å². The molecular weight excluding hydrogens is 418 g/mol. The molecule has 0 aromatic heterocycles. The minimum absolute atomic E-state index is 0.0543. The second-order valence-corrected chi connectivity index (χ2v) is 7.93. The molecule has 1 aliphatic rings. The number of nitrogens with one attached hydrogen (secondary N) is 2.